The molecule has 0 atom stereocenters. The fourth-order valence-corrected chi connectivity index (χ4v) is 3.07. The first kappa shape index (κ1) is 23.0. The highest BCUT2D eigenvalue weighted by atomic mass is 16.5. The SMILES string of the molecule is C=C(NC(=CC(=N)N1CCOCC1)N/N=C/c1cccc(C)c1)OCCc1ccccn1. The third-order valence-electron chi connectivity index (χ3n) is 4.71. The number of hydrazone groups is 1. The van der Waals surface area contributed by atoms with E-state index in [1.54, 1.807) is 18.5 Å². The second-order valence-electron chi connectivity index (χ2n) is 7.29. The number of nitrogens with zero attached hydrogens (tertiary/aromatic N) is 3. The van der Waals surface area contributed by atoms with Gasteiger partial charge in [0.15, 0.2) is 5.88 Å². The molecule has 0 spiro atoms. The molecule has 1 fully saturated rings. The molecule has 1 aliphatic heterocycles. The first-order chi connectivity index (χ1) is 15.6. The molecule has 1 aliphatic rings. The minimum absolute atomic E-state index is 0.357. The molecule has 1 aromatic heterocycles. The molecule has 8 heteroatoms. The van der Waals surface area contributed by atoms with Crippen LogP contribution in [0.4, 0.5) is 0 Å². The number of nitrogens with one attached hydrogen (secondary N) is 3. The Morgan fingerprint density at radius 3 is 2.88 bits per heavy atom. The van der Waals surface area contributed by atoms with Gasteiger partial charge in [0.1, 0.15) is 11.7 Å². The Labute approximate surface area is 189 Å². The molecule has 3 rings (SSSR count). The minimum Gasteiger partial charge on any atom is -0.479 e. The van der Waals surface area contributed by atoms with E-state index in [1.165, 1.54) is 0 Å². The zero-order valence-corrected chi connectivity index (χ0v) is 18.4. The molecular weight excluding hydrogens is 404 g/mol. The van der Waals surface area contributed by atoms with Gasteiger partial charge in [0.05, 0.1) is 26.0 Å². The number of aryl methyl sites for hydroxylation is 1. The Hall–Kier alpha value is -3.65. The monoisotopic (exact) mass is 434 g/mol. The fraction of sp³-hybridized carbons (Fsp3) is 0.292. The molecule has 2 heterocycles. The Morgan fingerprint density at radius 2 is 2.12 bits per heavy atom. The van der Waals surface area contributed by atoms with Crippen molar-refractivity contribution in [1.29, 1.82) is 5.41 Å². The highest BCUT2D eigenvalue weighted by Gasteiger charge is 2.13. The number of ether oxygens (including phenoxy) is 2. The standard InChI is InChI=1S/C24H30N6O2/c1-19-6-5-7-21(16-19)18-27-29-24(17-23(25)30-11-14-31-15-12-30)28-20(2)32-13-9-22-8-3-4-10-26-22/h3-8,10,16-18,25,28-29H,2,9,11-15H2,1H3/b24-17?,25-23?,27-18+. The quantitative estimate of drug-likeness (QED) is 0.230. The van der Waals surface area contributed by atoms with Crippen LogP contribution in [0.3, 0.4) is 0 Å². The van der Waals surface area contributed by atoms with Crippen molar-refractivity contribution in [1.82, 2.24) is 20.6 Å². The molecule has 168 valence electrons. The molecule has 0 unspecified atom stereocenters. The normalized spacial score (nSPS) is 14.3. The summed E-state index contributed by atoms with van der Waals surface area (Å²) in [5, 5.41) is 15.8. The number of hydrogen-bond acceptors (Lipinski definition) is 7. The largest absolute Gasteiger partial charge is 0.479 e. The summed E-state index contributed by atoms with van der Waals surface area (Å²) in [4.78, 5) is 6.23. The van der Waals surface area contributed by atoms with Crippen LogP contribution in [0.5, 0.6) is 0 Å². The Balaban J connectivity index is 1.60. The summed E-state index contributed by atoms with van der Waals surface area (Å²) in [6.07, 6.45) is 5.83. The van der Waals surface area contributed by atoms with Gasteiger partial charge in [-0.3, -0.25) is 15.8 Å². The van der Waals surface area contributed by atoms with Crippen molar-refractivity contribution in [2.24, 2.45) is 5.10 Å². The molecule has 0 amide bonds. The molecule has 0 bridgehead atoms. The number of pyridine rings is 1. The lowest BCUT2D eigenvalue weighted by Crippen LogP contribution is -2.40. The number of hydrogen-bond donors (Lipinski definition) is 3. The van der Waals surface area contributed by atoms with Crippen LogP contribution in [0.2, 0.25) is 0 Å². The predicted molar refractivity (Wildman–Crippen MR) is 126 cm³/mol. The van der Waals surface area contributed by atoms with Gasteiger partial charge >= 0.3 is 0 Å². The topological polar surface area (TPSA) is 94.9 Å². The minimum atomic E-state index is 0.357. The Morgan fingerprint density at radius 1 is 1.28 bits per heavy atom. The van der Waals surface area contributed by atoms with Gasteiger partial charge < -0.3 is 19.7 Å². The van der Waals surface area contributed by atoms with Gasteiger partial charge in [-0.2, -0.15) is 5.10 Å². The summed E-state index contributed by atoms with van der Waals surface area (Å²) >= 11 is 0. The van der Waals surface area contributed by atoms with E-state index >= 15 is 0 Å². The van der Waals surface area contributed by atoms with Crippen LogP contribution in [0.15, 0.2) is 78.1 Å². The van der Waals surface area contributed by atoms with Crippen LogP contribution in [-0.2, 0) is 15.9 Å². The molecule has 2 aromatic rings. The van der Waals surface area contributed by atoms with Crippen molar-refractivity contribution in [3.63, 3.8) is 0 Å². The van der Waals surface area contributed by atoms with Gasteiger partial charge in [-0.05, 0) is 31.2 Å². The second kappa shape index (κ2) is 12.3. The van der Waals surface area contributed by atoms with Gasteiger partial charge in [0.25, 0.3) is 0 Å². The molecule has 8 nitrogen and oxygen atoms in total. The van der Waals surface area contributed by atoms with Crippen molar-refractivity contribution in [2.45, 2.75) is 13.3 Å². The third-order valence-corrected chi connectivity index (χ3v) is 4.71. The summed E-state index contributed by atoms with van der Waals surface area (Å²) in [7, 11) is 0. The lowest BCUT2D eigenvalue weighted by atomic mass is 10.2. The molecule has 1 saturated heterocycles. The van der Waals surface area contributed by atoms with Crippen molar-refractivity contribution < 1.29 is 9.47 Å². The zero-order valence-electron chi connectivity index (χ0n) is 18.4. The Kier molecular flexibility index (Phi) is 8.82. The molecular formula is C24H30N6O2. The first-order valence-corrected chi connectivity index (χ1v) is 10.6. The number of rotatable bonds is 10. The van der Waals surface area contributed by atoms with E-state index in [1.807, 2.05) is 54.3 Å². The van der Waals surface area contributed by atoms with Crippen LogP contribution in [-0.4, -0.2) is 54.8 Å². The van der Waals surface area contributed by atoms with Gasteiger partial charge in [0.2, 0.25) is 0 Å². The van der Waals surface area contributed by atoms with E-state index < -0.39 is 0 Å². The molecule has 0 radical (unpaired) electrons. The van der Waals surface area contributed by atoms with Gasteiger partial charge in [-0.15, -0.1) is 0 Å². The summed E-state index contributed by atoms with van der Waals surface area (Å²) in [6.45, 7) is 8.98. The fourth-order valence-electron chi connectivity index (χ4n) is 3.07. The predicted octanol–water partition coefficient (Wildman–Crippen LogP) is 2.78. The first-order valence-electron chi connectivity index (χ1n) is 10.6. The van der Waals surface area contributed by atoms with E-state index in [9.17, 15) is 0 Å². The lowest BCUT2D eigenvalue weighted by Gasteiger charge is -2.28. The van der Waals surface area contributed by atoms with Crippen molar-refractivity contribution in [2.75, 3.05) is 32.9 Å². The van der Waals surface area contributed by atoms with E-state index in [4.69, 9.17) is 14.9 Å². The third kappa shape index (κ3) is 7.88. The van der Waals surface area contributed by atoms with Crippen LogP contribution < -0.4 is 10.7 Å². The van der Waals surface area contributed by atoms with Crippen LogP contribution in [0.1, 0.15) is 16.8 Å². The summed E-state index contributed by atoms with van der Waals surface area (Å²) in [5.41, 5.74) is 6.05. The average Bonchev–Trinajstić information content (AvgIpc) is 2.80. The maximum Gasteiger partial charge on any atom is 0.184 e. The highest BCUT2D eigenvalue weighted by molar-refractivity contribution is 5.90. The van der Waals surface area contributed by atoms with E-state index in [0.717, 1.165) is 16.8 Å². The van der Waals surface area contributed by atoms with E-state index in [0.29, 0.717) is 56.9 Å². The second-order valence-corrected chi connectivity index (χ2v) is 7.29. The maximum absolute atomic E-state index is 8.42. The van der Waals surface area contributed by atoms with E-state index in [2.05, 4.69) is 27.4 Å². The Bertz CT molecular complexity index is 952. The van der Waals surface area contributed by atoms with Gasteiger partial charge in [-0.1, -0.05) is 35.9 Å². The van der Waals surface area contributed by atoms with Crippen LogP contribution in [0.25, 0.3) is 0 Å². The lowest BCUT2D eigenvalue weighted by molar-refractivity contribution is 0.0681. The highest BCUT2D eigenvalue weighted by Crippen LogP contribution is 2.04. The summed E-state index contributed by atoms with van der Waals surface area (Å²) < 4.78 is 11.1. The van der Waals surface area contributed by atoms with Crippen LogP contribution >= 0.6 is 0 Å². The average molecular weight is 435 g/mol. The molecule has 32 heavy (non-hydrogen) atoms. The van der Waals surface area contributed by atoms with Crippen molar-refractivity contribution in [3.8, 4) is 0 Å². The van der Waals surface area contributed by atoms with Gasteiger partial charge in [-0.25, -0.2) is 0 Å². The van der Waals surface area contributed by atoms with Crippen molar-refractivity contribution >= 4 is 12.1 Å². The summed E-state index contributed by atoms with van der Waals surface area (Å²) in [6, 6.07) is 13.8. The molecule has 3 N–H and O–H groups in total. The van der Waals surface area contributed by atoms with Crippen LogP contribution in [0, 0.1) is 12.3 Å². The number of aromatic nitrogens is 1. The molecule has 0 aliphatic carbocycles. The zero-order chi connectivity index (χ0) is 22.6. The number of benzene rings is 1. The maximum atomic E-state index is 8.42. The molecule has 0 saturated carbocycles. The van der Waals surface area contributed by atoms with E-state index in [-0.39, 0.29) is 0 Å². The van der Waals surface area contributed by atoms with Gasteiger partial charge in [0, 0.05) is 37.5 Å². The number of amidine groups is 1. The smallest absolute Gasteiger partial charge is 0.184 e. The van der Waals surface area contributed by atoms with Crippen molar-refractivity contribution in [3.05, 3.63) is 89.8 Å². The summed E-state index contributed by atoms with van der Waals surface area (Å²) in [5.74, 6) is 1.21. The number of morpholine rings is 1. The molecule has 1 aromatic carbocycles.